The number of halogens is 1. The zero-order valence-electron chi connectivity index (χ0n) is 17.9. The summed E-state index contributed by atoms with van der Waals surface area (Å²) < 4.78 is 2.29. The number of piperazine rings is 1. The Labute approximate surface area is 188 Å². The second-order valence-corrected chi connectivity index (χ2v) is 9.71. The molecule has 3 fully saturated rings. The van der Waals surface area contributed by atoms with Gasteiger partial charge in [0.2, 0.25) is 0 Å². The highest BCUT2D eigenvalue weighted by Crippen LogP contribution is 2.35. The monoisotopic (exact) mass is 436 g/mol. The van der Waals surface area contributed by atoms with Gasteiger partial charge in [0.05, 0.1) is 28.5 Å². The molecule has 3 saturated heterocycles. The second kappa shape index (κ2) is 7.76. The van der Waals surface area contributed by atoms with Gasteiger partial charge in [-0.1, -0.05) is 17.7 Å². The molecule has 3 aliphatic rings. The number of fused-ring (bicyclic) bond motifs is 3. The van der Waals surface area contributed by atoms with Crippen molar-refractivity contribution in [2.45, 2.75) is 56.3 Å². The van der Waals surface area contributed by atoms with Crippen LogP contribution >= 0.6 is 11.6 Å². The Morgan fingerprint density at radius 1 is 1.00 bits per heavy atom. The molecular weight excluding hydrogens is 408 g/mol. The first-order chi connectivity index (χ1) is 15.2. The molecule has 1 N–H and O–H groups in total. The average Bonchev–Trinajstić information content (AvgIpc) is 3.30. The zero-order chi connectivity index (χ0) is 20.9. The number of hydrogen-bond acceptors (Lipinski definition) is 5. The molecule has 2 unspecified atom stereocenters. The van der Waals surface area contributed by atoms with Crippen molar-refractivity contribution in [3.05, 3.63) is 59.1 Å². The fourth-order valence-corrected chi connectivity index (χ4v) is 6.03. The summed E-state index contributed by atoms with van der Waals surface area (Å²) in [5.41, 5.74) is 3.09. The molecule has 0 amide bonds. The standard InChI is InChI=1S/C24H29ClN6/c1-29-16-10-11-17(29)14-30(13-16)23-9-3-8-22-28-21(15-31(22)23)19-6-2-7-20(27-19)24-18(25)5-4-12-26-24/h3-5,8-9,12,15-17,19-20,27H,2,6-7,10-11,13-14H2,1H3/t16?,17?,19-,20+/m1/s1. The van der Waals surface area contributed by atoms with E-state index in [9.17, 15) is 0 Å². The number of pyridine rings is 2. The van der Waals surface area contributed by atoms with E-state index in [0.29, 0.717) is 12.1 Å². The lowest BCUT2D eigenvalue weighted by molar-refractivity contribution is 0.211. The van der Waals surface area contributed by atoms with Gasteiger partial charge in [-0.3, -0.25) is 14.3 Å². The van der Waals surface area contributed by atoms with E-state index in [-0.39, 0.29) is 12.1 Å². The van der Waals surface area contributed by atoms with Gasteiger partial charge in [-0.05, 0) is 63.4 Å². The molecule has 3 aliphatic heterocycles. The number of likely N-dealkylation sites (N-methyl/N-ethyl adjacent to an activating group) is 1. The van der Waals surface area contributed by atoms with Crippen molar-refractivity contribution in [1.82, 2.24) is 24.6 Å². The van der Waals surface area contributed by atoms with Crippen LogP contribution in [0.2, 0.25) is 5.02 Å². The first-order valence-electron chi connectivity index (χ1n) is 11.5. The van der Waals surface area contributed by atoms with Crippen LogP contribution < -0.4 is 10.2 Å². The van der Waals surface area contributed by atoms with Crippen LogP contribution in [0.3, 0.4) is 0 Å². The summed E-state index contributed by atoms with van der Waals surface area (Å²) >= 11 is 6.43. The lowest BCUT2D eigenvalue weighted by Crippen LogP contribution is -2.52. The van der Waals surface area contributed by atoms with Crippen molar-refractivity contribution in [2.75, 3.05) is 25.0 Å². The molecule has 3 aromatic heterocycles. The van der Waals surface area contributed by atoms with Gasteiger partial charge in [0.1, 0.15) is 11.5 Å². The zero-order valence-corrected chi connectivity index (χ0v) is 18.7. The van der Waals surface area contributed by atoms with E-state index < -0.39 is 0 Å². The number of imidazole rings is 1. The summed E-state index contributed by atoms with van der Waals surface area (Å²) in [6.45, 7) is 2.20. The Morgan fingerprint density at radius 2 is 1.81 bits per heavy atom. The molecule has 2 bridgehead atoms. The number of hydrogen-bond donors (Lipinski definition) is 1. The maximum absolute atomic E-state index is 6.43. The van der Waals surface area contributed by atoms with Crippen LogP contribution in [0.25, 0.3) is 5.65 Å². The largest absolute Gasteiger partial charge is 0.355 e. The Hall–Kier alpha value is -2.15. The molecule has 0 radical (unpaired) electrons. The Balaban J connectivity index is 1.29. The van der Waals surface area contributed by atoms with Crippen LogP contribution in [0.15, 0.2) is 42.7 Å². The van der Waals surface area contributed by atoms with Gasteiger partial charge >= 0.3 is 0 Å². The lowest BCUT2D eigenvalue weighted by atomic mass is 9.94. The molecule has 6 nitrogen and oxygen atoms in total. The van der Waals surface area contributed by atoms with Gasteiger partial charge in [0, 0.05) is 37.6 Å². The van der Waals surface area contributed by atoms with Crippen molar-refractivity contribution in [3.8, 4) is 0 Å². The van der Waals surface area contributed by atoms with Gasteiger partial charge in [0.15, 0.2) is 0 Å². The second-order valence-electron chi connectivity index (χ2n) is 9.31. The average molecular weight is 437 g/mol. The third-order valence-electron chi connectivity index (χ3n) is 7.52. The van der Waals surface area contributed by atoms with E-state index in [1.807, 2.05) is 18.3 Å². The maximum Gasteiger partial charge on any atom is 0.138 e. The van der Waals surface area contributed by atoms with Gasteiger partial charge in [-0.15, -0.1) is 0 Å². The van der Waals surface area contributed by atoms with Crippen molar-refractivity contribution in [2.24, 2.45) is 0 Å². The van der Waals surface area contributed by atoms with Crippen LogP contribution in [-0.2, 0) is 0 Å². The van der Waals surface area contributed by atoms with Crippen LogP contribution in [0.5, 0.6) is 0 Å². The highest BCUT2D eigenvalue weighted by Gasteiger charge is 2.38. The molecule has 0 saturated carbocycles. The Bertz CT molecular complexity index is 1080. The van der Waals surface area contributed by atoms with Crippen molar-refractivity contribution in [1.29, 1.82) is 0 Å². The molecular formula is C24H29ClN6. The summed E-state index contributed by atoms with van der Waals surface area (Å²) in [6.07, 6.45) is 9.96. The third-order valence-corrected chi connectivity index (χ3v) is 7.84. The highest BCUT2D eigenvalue weighted by atomic mass is 35.5. The number of nitrogens with zero attached hydrogens (tertiary/aromatic N) is 5. The summed E-state index contributed by atoms with van der Waals surface area (Å²) in [5, 5.41) is 4.51. The van der Waals surface area contributed by atoms with Crippen LogP contribution in [0.1, 0.15) is 55.6 Å². The lowest BCUT2D eigenvalue weighted by Gasteiger charge is -2.40. The maximum atomic E-state index is 6.43. The van der Waals surface area contributed by atoms with E-state index in [1.54, 1.807) is 0 Å². The fraction of sp³-hybridized carbons (Fsp3) is 0.500. The minimum Gasteiger partial charge on any atom is -0.355 e. The molecule has 0 spiro atoms. The topological polar surface area (TPSA) is 48.7 Å². The van der Waals surface area contributed by atoms with Crippen molar-refractivity contribution < 1.29 is 0 Å². The van der Waals surface area contributed by atoms with E-state index in [4.69, 9.17) is 16.6 Å². The summed E-state index contributed by atoms with van der Waals surface area (Å²) in [5.74, 6) is 1.27. The first-order valence-corrected chi connectivity index (χ1v) is 11.9. The normalized spacial score (nSPS) is 29.0. The summed E-state index contributed by atoms with van der Waals surface area (Å²) in [7, 11) is 2.29. The Kier molecular flexibility index (Phi) is 4.89. The predicted molar refractivity (Wildman–Crippen MR) is 124 cm³/mol. The molecule has 6 rings (SSSR count). The van der Waals surface area contributed by atoms with E-state index in [1.165, 1.54) is 18.7 Å². The van der Waals surface area contributed by atoms with Gasteiger partial charge in [-0.2, -0.15) is 0 Å². The molecule has 0 aromatic carbocycles. The van der Waals surface area contributed by atoms with E-state index in [0.717, 1.165) is 54.4 Å². The molecule has 7 heteroatoms. The molecule has 162 valence electrons. The molecule has 4 atom stereocenters. The number of anilines is 1. The van der Waals surface area contributed by atoms with Crippen molar-refractivity contribution in [3.63, 3.8) is 0 Å². The molecule has 31 heavy (non-hydrogen) atoms. The SMILES string of the molecule is CN1C2CCC1CN(c1cccc3nc([C@H]4CCC[C@@H](c5ncccc5Cl)N4)cn13)C2. The number of piperidine rings is 1. The number of rotatable bonds is 3. The number of aromatic nitrogens is 3. The Morgan fingerprint density at radius 3 is 2.61 bits per heavy atom. The smallest absolute Gasteiger partial charge is 0.138 e. The molecule has 0 aliphatic carbocycles. The fourth-order valence-electron chi connectivity index (χ4n) is 5.78. The quantitative estimate of drug-likeness (QED) is 0.666. The van der Waals surface area contributed by atoms with Crippen molar-refractivity contribution >= 4 is 23.1 Å². The predicted octanol–water partition coefficient (Wildman–Crippen LogP) is 4.22. The van der Waals surface area contributed by atoms with Gasteiger partial charge < -0.3 is 10.2 Å². The molecule has 3 aromatic rings. The number of nitrogens with one attached hydrogen (secondary N) is 1. The van der Waals surface area contributed by atoms with Gasteiger partial charge in [0.25, 0.3) is 0 Å². The summed E-state index contributed by atoms with van der Waals surface area (Å²) in [6, 6.07) is 12.0. The van der Waals surface area contributed by atoms with Gasteiger partial charge in [-0.25, -0.2) is 4.98 Å². The molecule has 6 heterocycles. The van der Waals surface area contributed by atoms with E-state index >= 15 is 0 Å². The van der Waals surface area contributed by atoms with Crippen LogP contribution in [0, 0.1) is 0 Å². The minimum atomic E-state index is 0.171. The first kappa shape index (κ1) is 19.5. The van der Waals surface area contributed by atoms with Crippen LogP contribution in [0.4, 0.5) is 5.82 Å². The highest BCUT2D eigenvalue weighted by molar-refractivity contribution is 6.31. The summed E-state index contributed by atoms with van der Waals surface area (Å²) in [4.78, 5) is 14.7. The minimum absolute atomic E-state index is 0.171. The third kappa shape index (κ3) is 3.41. The van der Waals surface area contributed by atoms with Crippen LogP contribution in [-0.4, -0.2) is 51.5 Å². The van der Waals surface area contributed by atoms with E-state index in [2.05, 4.69) is 55.9 Å².